The van der Waals surface area contributed by atoms with E-state index in [2.05, 4.69) is 49.8 Å². The first-order valence-corrected chi connectivity index (χ1v) is 37.9. The molecule has 39 heteroatoms. The number of sulfonamides is 2. The second kappa shape index (κ2) is 47.7. The minimum absolute atomic E-state index is 0.0430. The molecule has 0 saturated carbocycles. The van der Waals surface area contributed by atoms with Gasteiger partial charge in [0.1, 0.15) is 30.9 Å². The Morgan fingerprint density at radius 3 is 1.26 bits per heavy atom. The number of benzene rings is 3. The fraction of sp³-hybridized carbons (Fsp3) is 0.523. The maximum absolute atomic E-state index is 13.1. The average Bonchev–Trinajstić information content (AvgIpc) is 1.50. The van der Waals surface area contributed by atoms with E-state index >= 15 is 0 Å². The van der Waals surface area contributed by atoms with E-state index in [0.29, 0.717) is 153 Å². The second-order valence-corrected chi connectivity index (χ2v) is 28.6. The molecule has 6 rings (SSSR count). The van der Waals surface area contributed by atoms with Gasteiger partial charge in [-0.25, -0.2) is 35.8 Å². The van der Waals surface area contributed by atoms with Gasteiger partial charge in [0, 0.05) is 56.2 Å². The number of para-hydroxylation sites is 1. The van der Waals surface area contributed by atoms with Gasteiger partial charge in [-0.1, -0.05) is 60.2 Å². The number of aliphatic imine (C=N–C) groups is 3. The number of nitrogens with zero attached hydrogens (tertiary/aromatic N) is 6. The van der Waals surface area contributed by atoms with Crippen LogP contribution in [0.25, 0.3) is 0 Å². The first kappa shape index (κ1) is 88.7. The highest BCUT2D eigenvalue weighted by Crippen LogP contribution is 2.19. The molecule has 3 aromatic rings. The van der Waals surface area contributed by atoms with E-state index < -0.39 is 115 Å². The molecule has 20 N–H and O–H groups in total. The fourth-order valence-corrected chi connectivity index (χ4v) is 13.9. The molecule has 3 saturated heterocycles. The number of hydrogen-bond donors (Lipinski definition) is 13. The van der Waals surface area contributed by atoms with Gasteiger partial charge in [0.25, 0.3) is 0 Å². The number of carbonyl (C=O) groups excluding carboxylic acids is 10. The third-order valence-electron chi connectivity index (χ3n) is 15.6. The zero-order valence-electron chi connectivity index (χ0n) is 58.5. The van der Waals surface area contributed by atoms with E-state index in [4.69, 9.17) is 40.1 Å². The minimum Gasteiger partial charge on any atom is -0.760 e. The standard InChI is InChI=1S/C23H34N6O7S.C22H34N6O5S.C14H26N6O5S.C6H7N/c1-36-22(33)17-7-4-6-16(12-17)15-37(34,35)28-19-9-2-3-11-29(21(19)32)13-20(31)27-18(14-30)8-5-10-26-23(24)25;1-16-6-4-7-17(12-16)15-34(32,33)27-19-9-2-3-11-28(21(19)31)13-20(30)26-18(14-29)8-5-10-25-22(23)24;15-14(16)17-6-3-4-10(9-21)18-12(22)8-20-7-2-1-5-11(13(20)23)19-26(24)25;7-6-4-2-1-3-5-6/h4,6-7,12,14,18-19,28H,2-3,5,8-11,13,15H2,1H3,(H,27,31)(H4,24,25,26);4,6-7,12,14,18-19,27H,2-3,5,8-11,13,15H2,1H3,(H,26,30)(H4,23,24,25);9-11,19H,1-8H2,(H,18,22)(H,24,25)(H4,15,16,17);1-5H,7H2/p-1. The predicted molar refractivity (Wildman–Crippen MR) is 390 cm³/mol. The Morgan fingerprint density at radius 1 is 0.558 bits per heavy atom. The number of guanidine groups is 3. The number of nitrogens with two attached hydrogens (primary N) is 7. The largest absolute Gasteiger partial charge is 0.760 e. The predicted octanol–water partition coefficient (Wildman–Crippen LogP) is -2.70. The van der Waals surface area contributed by atoms with Gasteiger partial charge in [-0.15, -0.1) is 0 Å². The SMILES string of the molecule is COC(=O)c1cccc(CS(=O)(=O)NC2CCCCN(CC(=O)NC(C=O)CCCN=C(N)N)C2=O)c1.Cc1cccc(CS(=O)(=O)NC2CCCCN(CC(=O)NC(C=O)CCCN=C(N)N)C2=O)c1.NC(N)=NCCCC(C=O)NC(=O)CN1CCCCC(NS(=O)[O-])C1=O.Nc1ccccc1. The molecule has 0 bridgehead atoms. The summed E-state index contributed by atoms with van der Waals surface area (Å²) in [6.45, 7) is 3.02. The Kier molecular flexibility index (Phi) is 40.6. The molecule has 7 unspecified atom stereocenters. The lowest BCUT2D eigenvalue weighted by atomic mass is 10.1. The Balaban J connectivity index is 0.000000390. The van der Waals surface area contributed by atoms with Gasteiger partial charge in [0.15, 0.2) is 17.9 Å². The van der Waals surface area contributed by atoms with Crippen molar-refractivity contribution in [1.29, 1.82) is 0 Å². The first-order valence-electron chi connectivity index (χ1n) is 33.5. The molecule has 0 spiro atoms. The molecule has 104 heavy (non-hydrogen) atoms. The summed E-state index contributed by atoms with van der Waals surface area (Å²) in [4.78, 5) is 136. The van der Waals surface area contributed by atoms with Crippen molar-refractivity contribution in [1.82, 2.24) is 44.8 Å². The van der Waals surface area contributed by atoms with Crippen molar-refractivity contribution >= 4 is 115 Å². The number of carbonyl (C=O) groups is 10. The quantitative estimate of drug-likeness (QED) is 0.00542. The van der Waals surface area contributed by atoms with Crippen LogP contribution in [-0.2, 0) is 90.7 Å². The molecule has 576 valence electrons. The second-order valence-electron chi connectivity index (χ2n) is 24.4. The van der Waals surface area contributed by atoms with Crippen LogP contribution >= 0.6 is 0 Å². The molecule has 0 radical (unpaired) electrons. The van der Waals surface area contributed by atoms with Crippen molar-refractivity contribution in [2.75, 3.05) is 71.7 Å². The number of likely N-dealkylation sites (tertiary alicyclic amines) is 3. The Hall–Kier alpha value is -9.54. The van der Waals surface area contributed by atoms with E-state index in [1.54, 1.807) is 30.3 Å². The molecule has 7 atom stereocenters. The number of methoxy groups -OCH3 is 1. The van der Waals surface area contributed by atoms with E-state index in [1.165, 1.54) is 33.9 Å². The number of rotatable bonds is 35. The highest BCUT2D eigenvalue weighted by Gasteiger charge is 2.34. The van der Waals surface area contributed by atoms with Gasteiger partial charge in [-0.05, 0) is 139 Å². The third kappa shape index (κ3) is 37.1. The number of anilines is 1. The van der Waals surface area contributed by atoms with Gasteiger partial charge < -0.3 is 94.5 Å². The molecule has 36 nitrogen and oxygen atoms in total. The number of esters is 1. The molecular formula is C65H100N19O17S3-. The first-order chi connectivity index (χ1) is 49.4. The highest BCUT2D eigenvalue weighted by molar-refractivity contribution is 7.89. The number of aryl methyl sites for hydroxylation is 1. The van der Waals surface area contributed by atoms with Crippen LogP contribution in [0.15, 0.2) is 93.8 Å². The number of amides is 6. The van der Waals surface area contributed by atoms with Crippen LogP contribution in [0.5, 0.6) is 0 Å². The molecule has 3 aliphatic heterocycles. The van der Waals surface area contributed by atoms with Crippen LogP contribution in [-0.4, -0.2) is 221 Å². The van der Waals surface area contributed by atoms with E-state index in [1.807, 2.05) is 43.3 Å². The summed E-state index contributed by atoms with van der Waals surface area (Å²) < 4.78 is 84.4. The summed E-state index contributed by atoms with van der Waals surface area (Å²) in [5, 5.41) is 7.71. The van der Waals surface area contributed by atoms with Crippen molar-refractivity contribution < 1.29 is 78.3 Å². The molecule has 6 amide bonds. The summed E-state index contributed by atoms with van der Waals surface area (Å²) in [7, 11) is -6.49. The number of nitrogen functional groups attached to an aromatic ring is 1. The molecule has 3 aromatic carbocycles. The molecule has 3 heterocycles. The molecule has 0 aromatic heterocycles. The number of hydrogen-bond acceptors (Lipinski definition) is 21. The van der Waals surface area contributed by atoms with E-state index in [-0.39, 0.29) is 61.8 Å². The van der Waals surface area contributed by atoms with Gasteiger partial charge in [0.2, 0.25) is 55.5 Å². The van der Waals surface area contributed by atoms with Gasteiger partial charge in [0.05, 0.1) is 68.0 Å². The molecule has 3 fully saturated rings. The summed E-state index contributed by atoms with van der Waals surface area (Å²) in [5.74, 6) is -4.34. The summed E-state index contributed by atoms with van der Waals surface area (Å²) in [6.07, 6.45) is 9.14. The molecular weight excluding hydrogens is 1420 g/mol. The van der Waals surface area contributed by atoms with Crippen LogP contribution in [0.4, 0.5) is 5.69 Å². The topological polar surface area (TPSA) is 589 Å². The lowest BCUT2D eigenvalue weighted by Gasteiger charge is -2.25. The fourth-order valence-electron chi connectivity index (χ4n) is 10.7. The van der Waals surface area contributed by atoms with Crippen LogP contribution in [0, 0.1) is 6.92 Å². The average molecular weight is 1520 g/mol. The minimum atomic E-state index is -3.95. The Bertz CT molecular complexity index is 3640. The monoisotopic (exact) mass is 1510 g/mol. The third-order valence-corrected chi connectivity index (χ3v) is 18.8. The number of aldehydes is 3. The summed E-state index contributed by atoms with van der Waals surface area (Å²) >= 11 is -2.56. The van der Waals surface area contributed by atoms with E-state index in [9.17, 15) is 73.5 Å². The summed E-state index contributed by atoms with van der Waals surface area (Å²) in [5.41, 5.74) is 39.7. The number of nitrogens with one attached hydrogen (secondary N) is 6. The molecule has 3 aliphatic rings. The van der Waals surface area contributed by atoms with Crippen molar-refractivity contribution in [3.8, 4) is 0 Å². The van der Waals surface area contributed by atoms with E-state index in [0.717, 1.165) is 11.3 Å². The maximum Gasteiger partial charge on any atom is 0.337 e. The zero-order chi connectivity index (χ0) is 77.2. The van der Waals surface area contributed by atoms with Gasteiger partial charge in [-0.3, -0.25) is 48.0 Å². The maximum atomic E-state index is 13.1. The van der Waals surface area contributed by atoms with Crippen molar-refractivity contribution in [2.24, 2.45) is 49.4 Å². The van der Waals surface area contributed by atoms with Crippen molar-refractivity contribution in [2.45, 2.75) is 151 Å². The van der Waals surface area contributed by atoms with Gasteiger partial charge in [-0.2, -0.15) is 0 Å². The van der Waals surface area contributed by atoms with Crippen LogP contribution < -0.4 is 70.3 Å². The Morgan fingerprint density at radius 2 is 0.923 bits per heavy atom. The van der Waals surface area contributed by atoms with Crippen LogP contribution in [0.2, 0.25) is 0 Å². The van der Waals surface area contributed by atoms with Crippen molar-refractivity contribution in [3.05, 3.63) is 101 Å². The number of ether oxygens (including phenoxy) is 1. The van der Waals surface area contributed by atoms with Crippen molar-refractivity contribution in [3.63, 3.8) is 0 Å². The Labute approximate surface area is 608 Å². The lowest BCUT2D eigenvalue weighted by Crippen LogP contribution is -2.51. The van der Waals surface area contributed by atoms with Crippen LogP contribution in [0.3, 0.4) is 0 Å². The zero-order valence-corrected chi connectivity index (χ0v) is 60.9. The van der Waals surface area contributed by atoms with Crippen LogP contribution in [0.1, 0.15) is 123 Å². The smallest absolute Gasteiger partial charge is 0.337 e. The molecule has 0 aliphatic carbocycles. The lowest BCUT2D eigenvalue weighted by molar-refractivity contribution is -0.137. The van der Waals surface area contributed by atoms with Gasteiger partial charge >= 0.3 is 5.97 Å². The highest BCUT2D eigenvalue weighted by atomic mass is 32.2. The normalized spacial score (nSPS) is 17.3. The summed E-state index contributed by atoms with van der Waals surface area (Å²) in [6, 6.07) is 17.6.